The molecular weight excluding hydrogens is 676 g/mol. The fourth-order valence-corrected chi connectivity index (χ4v) is 6.47. The molecule has 0 radical (unpaired) electrons. The second kappa shape index (κ2) is 15.1. The van der Waals surface area contributed by atoms with Crippen LogP contribution in [-0.2, 0) is 18.0 Å². The van der Waals surface area contributed by atoms with Crippen molar-refractivity contribution in [3.8, 4) is 23.0 Å². The Hall–Kier alpha value is -4.99. The van der Waals surface area contributed by atoms with Crippen molar-refractivity contribution in [2.75, 3.05) is 19.1 Å². The number of methoxy groups -OCH3 is 2. The number of para-hydroxylation sites is 2. The number of nitrogens with zero attached hydrogens (tertiary/aromatic N) is 2. The summed E-state index contributed by atoms with van der Waals surface area (Å²) in [5.41, 5.74) is 4.25. The molecule has 1 fully saturated rings. The Morgan fingerprint density at radius 3 is 2.09 bits per heavy atom. The van der Waals surface area contributed by atoms with Crippen molar-refractivity contribution in [2.24, 2.45) is 4.99 Å². The summed E-state index contributed by atoms with van der Waals surface area (Å²) >= 11 is 4.99. The van der Waals surface area contributed by atoms with Crippen LogP contribution in [0.25, 0.3) is 6.08 Å². The Balaban J connectivity index is 1.21. The summed E-state index contributed by atoms with van der Waals surface area (Å²) in [5.74, 6) is 2.18. The zero-order valence-electron chi connectivity index (χ0n) is 25.8. The van der Waals surface area contributed by atoms with Gasteiger partial charge in [-0.25, -0.2) is 4.99 Å². The lowest BCUT2D eigenvalue weighted by atomic mass is 10.1. The number of rotatable bonds is 11. The minimum Gasteiger partial charge on any atom is -0.493 e. The van der Waals surface area contributed by atoms with Gasteiger partial charge in [0, 0.05) is 0 Å². The first kappa shape index (κ1) is 32.0. The van der Waals surface area contributed by atoms with Crippen LogP contribution in [0, 0.1) is 0 Å². The van der Waals surface area contributed by atoms with Crippen molar-refractivity contribution < 1.29 is 23.7 Å². The summed E-state index contributed by atoms with van der Waals surface area (Å²) in [6.07, 6.45) is 1.84. The number of halogens is 1. The molecular formula is C38H31BrN2O5S. The molecule has 1 saturated heterocycles. The summed E-state index contributed by atoms with van der Waals surface area (Å²) in [6.45, 7) is 0.708. The topological polar surface area (TPSA) is 69.6 Å². The molecule has 6 rings (SSSR count). The van der Waals surface area contributed by atoms with Crippen molar-refractivity contribution in [3.63, 3.8) is 0 Å². The number of hydrogen-bond donors (Lipinski definition) is 0. The van der Waals surface area contributed by atoms with E-state index in [9.17, 15) is 4.79 Å². The number of carbonyl (C=O) groups excluding carboxylic acids is 1. The van der Waals surface area contributed by atoms with E-state index in [2.05, 4.69) is 15.9 Å². The highest BCUT2D eigenvalue weighted by atomic mass is 79.9. The van der Waals surface area contributed by atoms with Crippen LogP contribution in [0.4, 0.5) is 11.4 Å². The molecule has 1 aliphatic rings. The molecule has 0 aliphatic carbocycles. The third-order valence-corrected chi connectivity index (χ3v) is 8.76. The maximum absolute atomic E-state index is 13.7. The van der Waals surface area contributed by atoms with Crippen LogP contribution in [0.3, 0.4) is 0 Å². The van der Waals surface area contributed by atoms with Crippen LogP contribution in [0.15, 0.2) is 136 Å². The number of thioether (sulfide) groups is 1. The summed E-state index contributed by atoms with van der Waals surface area (Å²) < 4.78 is 24.2. The highest BCUT2D eigenvalue weighted by molar-refractivity contribution is 9.10. The van der Waals surface area contributed by atoms with E-state index in [1.54, 1.807) is 19.1 Å². The number of benzene rings is 5. The van der Waals surface area contributed by atoms with Gasteiger partial charge in [-0.2, -0.15) is 0 Å². The van der Waals surface area contributed by atoms with Gasteiger partial charge in [0.05, 0.1) is 35.0 Å². The molecule has 0 spiro atoms. The number of anilines is 1. The van der Waals surface area contributed by atoms with Crippen molar-refractivity contribution >= 4 is 56.2 Å². The minimum atomic E-state index is -0.156. The second-order valence-corrected chi connectivity index (χ2v) is 12.3. The number of carbonyl (C=O) groups is 1. The van der Waals surface area contributed by atoms with Crippen molar-refractivity contribution in [1.29, 1.82) is 0 Å². The molecule has 236 valence electrons. The third-order valence-electron chi connectivity index (χ3n) is 7.20. The van der Waals surface area contributed by atoms with Crippen LogP contribution in [0.2, 0.25) is 0 Å². The van der Waals surface area contributed by atoms with Crippen LogP contribution in [0.5, 0.6) is 23.0 Å². The smallest absolute Gasteiger partial charge is 0.271 e. The van der Waals surface area contributed by atoms with E-state index in [0.29, 0.717) is 44.2 Å². The summed E-state index contributed by atoms with van der Waals surface area (Å²) in [4.78, 5) is 20.7. The highest BCUT2D eigenvalue weighted by Crippen LogP contribution is 2.41. The highest BCUT2D eigenvalue weighted by Gasteiger charge is 2.34. The van der Waals surface area contributed by atoms with Crippen LogP contribution in [-0.4, -0.2) is 25.3 Å². The molecule has 1 heterocycles. The van der Waals surface area contributed by atoms with Gasteiger partial charge >= 0.3 is 0 Å². The van der Waals surface area contributed by atoms with Gasteiger partial charge < -0.3 is 18.9 Å². The zero-order chi connectivity index (χ0) is 32.6. The minimum absolute atomic E-state index is 0.156. The molecule has 7 nitrogen and oxygen atoms in total. The van der Waals surface area contributed by atoms with E-state index < -0.39 is 0 Å². The molecule has 0 atom stereocenters. The molecule has 0 N–H and O–H groups in total. The van der Waals surface area contributed by atoms with Crippen molar-refractivity contribution in [1.82, 2.24) is 0 Å². The normalized spacial score (nSPS) is 14.4. The Morgan fingerprint density at radius 1 is 0.723 bits per heavy atom. The molecule has 5 aromatic carbocycles. The van der Waals surface area contributed by atoms with Gasteiger partial charge in [-0.15, -0.1) is 0 Å². The van der Waals surface area contributed by atoms with E-state index in [1.807, 2.05) is 127 Å². The number of aliphatic imine (C=N–C) groups is 1. The van der Waals surface area contributed by atoms with Gasteiger partial charge in [-0.1, -0.05) is 72.8 Å². The Kier molecular flexibility index (Phi) is 10.2. The average Bonchev–Trinajstić information content (AvgIpc) is 3.41. The number of amides is 1. The molecule has 47 heavy (non-hydrogen) atoms. The van der Waals surface area contributed by atoms with Gasteiger partial charge in [0.15, 0.2) is 28.2 Å². The molecule has 0 saturated carbocycles. The molecule has 5 aromatic rings. The van der Waals surface area contributed by atoms with E-state index in [0.717, 1.165) is 28.1 Å². The molecule has 1 amide bonds. The molecule has 1 aliphatic heterocycles. The fourth-order valence-electron chi connectivity index (χ4n) is 4.89. The van der Waals surface area contributed by atoms with Gasteiger partial charge in [0.2, 0.25) is 0 Å². The number of hydrogen-bond acceptors (Lipinski definition) is 7. The lowest BCUT2D eigenvalue weighted by molar-refractivity contribution is -0.113. The Bertz CT molecular complexity index is 1920. The summed E-state index contributed by atoms with van der Waals surface area (Å²) in [6, 6.07) is 38.6. The standard InChI is InChI=1S/C38H31BrN2O5S/c1-43-33-21-27(18-19-32(33)45-24-26-12-6-3-7-13-26)25-46-36-31(39)20-28(22-34(36)44-2)23-35-37(42)41(30-16-10-5-11-17-30)38(47-35)40-29-14-8-4-9-15-29/h3-23H,24-25H2,1-2H3/b35-23+,40-38?. The predicted molar refractivity (Wildman–Crippen MR) is 192 cm³/mol. The molecule has 0 unspecified atom stereocenters. The second-order valence-electron chi connectivity index (χ2n) is 10.4. The van der Waals surface area contributed by atoms with Gasteiger partial charge in [-0.05, 0) is 99.0 Å². The number of amidine groups is 1. The maximum atomic E-state index is 13.7. The van der Waals surface area contributed by atoms with E-state index in [-0.39, 0.29) is 12.5 Å². The number of ether oxygens (including phenoxy) is 4. The quantitative estimate of drug-likeness (QED) is 0.128. The largest absolute Gasteiger partial charge is 0.493 e. The Morgan fingerprint density at radius 2 is 1.38 bits per heavy atom. The molecule has 0 aromatic heterocycles. The summed E-state index contributed by atoms with van der Waals surface area (Å²) in [5, 5.41) is 0.580. The van der Waals surface area contributed by atoms with Gasteiger partial charge in [0.25, 0.3) is 5.91 Å². The van der Waals surface area contributed by atoms with E-state index in [4.69, 9.17) is 23.9 Å². The molecule has 9 heteroatoms. The SMILES string of the molecule is COc1cc(COc2c(Br)cc(/C=C3/SC(=Nc4ccccc4)N(c4ccccc4)C3=O)cc2OC)ccc1OCc1ccccc1. The van der Waals surface area contributed by atoms with Crippen molar-refractivity contribution in [2.45, 2.75) is 13.2 Å². The third kappa shape index (κ3) is 7.70. The van der Waals surface area contributed by atoms with Gasteiger partial charge in [0.1, 0.15) is 13.2 Å². The fraction of sp³-hybridized carbons (Fsp3) is 0.105. The lowest BCUT2D eigenvalue weighted by Crippen LogP contribution is -2.28. The monoisotopic (exact) mass is 706 g/mol. The predicted octanol–water partition coefficient (Wildman–Crippen LogP) is 9.43. The molecule has 0 bridgehead atoms. The first-order chi connectivity index (χ1) is 23.0. The summed E-state index contributed by atoms with van der Waals surface area (Å²) in [7, 11) is 3.20. The Labute approximate surface area is 286 Å². The van der Waals surface area contributed by atoms with Crippen LogP contribution < -0.4 is 23.8 Å². The van der Waals surface area contributed by atoms with Crippen LogP contribution >= 0.6 is 27.7 Å². The van der Waals surface area contributed by atoms with Crippen molar-refractivity contribution in [3.05, 3.63) is 147 Å². The average molecular weight is 708 g/mol. The van der Waals surface area contributed by atoms with E-state index >= 15 is 0 Å². The maximum Gasteiger partial charge on any atom is 0.271 e. The van der Waals surface area contributed by atoms with E-state index in [1.165, 1.54) is 11.8 Å². The van der Waals surface area contributed by atoms with Gasteiger partial charge in [-0.3, -0.25) is 9.69 Å². The first-order valence-electron chi connectivity index (χ1n) is 14.8. The van der Waals surface area contributed by atoms with Crippen LogP contribution in [0.1, 0.15) is 16.7 Å². The lowest BCUT2D eigenvalue weighted by Gasteiger charge is -2.16. The zero-order valence-corrected chi connectivity index (χ0v) is 28.2. The first-order valence-corrected chi connectivity index (χ1v) is 16.4.